The van der Waals surface area contributed by atoms with Crippen LogP contribution in [0.15, 0.2) is 63.6 Å². The Bertz CT molecular complexity index is 1350. The average molecular weight is 573 g/mol. The highest BCUT2D eigenvalue weighted by atomic mass is 16.5. The van der Waals surface area contributed by atoms with Crippen molar-refractivity contribution in [3.8, 4) is 0 Å². The van der Waals surface area contributed by atoms with Crippen molar-refractivity contribution in [2.75, 3.05) is 19.7 Å². The van der Waals surface area contributed by atoms with Gasteiger partial charge < -0.3 is 14.3 Å². The van der Waals surface area contributed by atoms with Gasteiger partial charge in [-0.05, 0) is 74.3 Å². The number of aliphatic hydroxyl groups excluding tert-OH is 1. The average Bonchev–Trinajstić information content (AvgIpc) is 3.69. The van der Waals surface area contributed by atoms with Crippen LogP contribution in [0.3, 0.4) is 0 Å². The van der Waals surface area contributed by atoms with Gasteiger partial charge in [0.05, 0.1) is 24.5 Å². The molecule has 224 valence electrons. The van der Waals surface area contributed by atoms with Gasteiger partial charge in [0.15, 0.2) is 0 Å². The van der Waals surface area contributed by atoms with Gasteiger partial charge >= 0.3 is 0 Å². The summed E-state index contributed by atoms with van der Waals surface area (Å²) in [6.45, 7) is 9.61. The van der Waals surface area contributed by atoms with Crippen LogP contribution in [0.25, 0.3) is 6.08 Å². The highest BCUT2D eigenvalue weighted by molar-refractivity contribution is 6.06. The number of ether oxygens (including phenoxy) is 1. The number of carbonyl (C=O) groups excluding carboxylic acids is 2. The molecule has 0 saturated carbocycles. The molecule has 4 atom stereocenters. The molecule has 1 aliphatic carbocycles. The smallest absolute Gasteiger partial charge is 0.234 e. The van der Waals surface area contributed by atoms with Gasteiger partial charge in [-0.3, -0.25) is 19.4 Å². The summed E-state index contributed by atoms with van der Waals surface area (Å²) in [5.74, 6) is 1.14. The second-order valence-corrected chi connectivity index (χ2v) is 12.9. The minimum absolute atomic E-state index is 0.00701. The van der Waals surface area contributed by atoms with Crippen LogP contribution >= 0.6 is 0 Å². The van der Waals surface area contributed by atoms with Crippen molar-refractivity contribution in [1.82, 2.24) is 9.80 Å². The molecule has 7 heteroatoms. The van der Waals surface area contributed by atoms with Gasteiger partial charge in [-0.2, -0.15) is 0 Å². The van der Waals surface area contributed by atoms with E-state index in [4.69, 9.17) is 9.15 Å². The summed E-state index contributed by atoms with van der Waals surface area (Å²) in [4.78, 5) is 32.0. The minimum atomic E-state index is -0.293. The van der Waals surface area contributed by atoms with E-state index in [1.807, 2.05) is 18.2 Å². The fourth-order valence-electron chi connectivity index (χ4n) is 7.75. The number of aliphatic hydroxyl groups is 1. The Morgan fingerprint density at radius 2 is 1.81 bits per heavy atom. The van der Waals surface area contributed by atoms with Crippen molar-refractivity contribution in [2.24, 2.45) is 23.7 Å². The summed E-state index contributed by atoms with van der Waals surface area (Å²) in [7, 11) is 0. The van der Waals surface area contributed by atoms with Gasteiger partial charge in [-0.1, -0.05) is 55.3 Å². The Hall–Kier alpha value is -3.00. The lowest BCUT2D eigenvalue weighted by Crippen LogP contribution is -2.47. The van der Waals surface area contributed by atoms with Gasteiger partial charge in [0.2, 0.25) is 11.8 Å². The normalized spacial score (nSPS) is 27.4. The Labute approximate surface area is 249 Å². The molecule has 0 bridgehead atoms. The number of likely N-dealkylation sites (tertiary alicyclic amines) is 2. The van der Waals surface area contributed by atoms with Crippen molar-refractivity contribution >= 4 is 17.9 Å². The summed E-state index contributed by atoms with van der Waals surface area (Å²) in [6.07, 6.45) is 6.02. The lowest BCUT2D eigenvalue weighted by atomic mass is 9.67. The van der Waals surface area contributed by atoms with Gasteiger partial charge in [0.25, 0.3) is 0 Å². The first kappa shape index (κ1) is 29.1. The second-order valence-electron chi connectivity index (χ2n) is 12.9. The van der Waals surface area contributed by atoms with Gasteiger partial charge in [-0.25, -0.2) is 0 Å². The van der Waals surface area contributed by atoms with Crippen molar-refractivity contribution in [3.05, 3.63) is 76.3 Å². The monoisotopic (exact) mass is 572 g/mol. The molecule has 0 radical (unpaired) electrons. The zero-order chi connectivity index (χ0) is 29.4. The number of hydrogen-bond donors (Lipinski definition) is 1. The first-order valence-electron chi connectivity index (χ1n) is 15.7. The zero-order valence-corrected chi connectivity index (χ0v) is 25.1. The molecule has 2 amide bonds. The molecule has 0 spiro atoms. The van der Waals surface area contributed by atoms with Crippen molar-refractivity contribution < 1.29 is 23.8 Å². The lowest BCUT2D eigenvalue weighted by molar-refractivity contribution is -0.144. The summed E-state index contributed by atoms with van der Waals surface area (Å²) in [5, 5.41) is 9.28. The maximum absolute atomic E-state index is 14.0. The summed E-state index contributed by atoms with van der Waals surface area (Å²) < 4.78 is 12.0. The number of benzene rings is 1. The first-order valence-corrected chi connectivity index (χ1v) is 15.7. The Morgan fingerprint density at radius 3 is 2.50 bits per heavy atom. The molecular weight excluding hydrogens is 528 g/mol. The number of fused-ring (bicyclic) bond motifs is 3. The van der Waals surface area contributed by atoms with Crippen LogP contribution in [-0.4, -0.2) is 58.6 Å². The lowest BCUT2D eigenvalue weighted by Gasteiger charge is -2.36. The third kappa shape index (κ3) is 5.67. The third-order valence-electron chi connectivity index (χ3n) is 9.87. The number of nitrogens with zero attached hydrogens (tertiary/aromatic N) is 2. The molecule has 1 aromatic heterocycles. The van der Waals surface area contributed by atoms with Crippen LogP contribution in [0.4, 0.5) is 0 Å². The SMILES string of the molecule is C/C(=C\c1ccc(CO)o1)CC[C@H]1OC[C@H]2C1=C(C(C)C)C[C@H]1C(=O)N(C3CCN(Cc4ccccc4)CC3)C(=O)[C@H]12. The van der Waals surface area contributed by atoms with E-state index in [0.29, 0.717) is 24.7 Å². The predicted octanol–water partition coefficient (Wildman–Crippen LogP) is 5.59. The largest absolute Gasteiger partial charge is 0.459 e. The predicted molar refractivity (Wildman–Crippen MR) is 161 cm³/mol. The molecule has 6 rings (SSSR count). The number of piperidine rings is 1. The Kier molecular flexibility index (Phi) is 8.53. The van der Waals surface area contributed by atoms with Crippen LogP contribution < -0.4 is 0 Å². The van der Waals surface area contributed by atoms with Gasteiger partial charge in [-0.15, -0.1) is 0 Å². The molecule has 1 aromatic carbocycles. The van der Waals surface area contributed by atoms with Crippen LogP contribution in [0, 0.1) is 23.7 Å². The number of furan rings is 1. The van der Waals surface area contributed by atoms with Crippen LogP contribution in [0.1, 0.15) is 70.0 Å². The molecule has 3 saturated heterocycles. The van der Waals surface area contributed by atoms with E-state index in [1.54, 1.807) is 11.0 Å². The van der Waals surface area contributed by atoms with Crippen LogP contribution in [0.2, 0.25) is 0 Å². The van der Waals surface area contributed by atoms with E-state index >= 15 is 0 Å². The van der Waals surface area contributed by atoms with E-state index in [0.717, 1.165) is 51.1 Å². The molecule has 2 aromatic rings. The highest BCUT2D eigenvalue weighted by Crippen LogP contribution is 2.52. The maximum atomic E-state index is 14.0. The summed E-state index contributed by atoms with van der Waals surface area (Å²) in [6, 6.07) is 14.2. The topological polar surface area (TPSA) is 83.2 Å². The standard InChI is InChI=1S/C35H44N2O5/c1-22(2)28-18-29-33(30-21-41-31(32(28)30)12-9-23(3)17-26-10-11-27(20-38)42-26)35(40)37(34(29)39)25-13-15-36(16-14-25)19-24-7-5-4-6-8-24/h4-8,10-11,17,22,25,29-31,33,38H,9,12-16,18-21H2,1-3H3/b23-17+/t29-,30+,31-,33-/m1/s1. The van der Waals surface area contributed by atoms with E-state index in [1.165, 1.54) is 22.3 Å². The fourth-order valence-corrected chi connectivity index (χ4v) is 7.75. The third-order valence-corrected chi connectivity index (χ3v) is 9.87. The number of hydrogen-bond acceptors (Lipinski definition) is 6. The number of amides is 2. The van der Waals surface area contributed by atoms with Crippen molar-refractivity contribution in [2.45, 2.75) is 78.2 Å². The van der Waals surface area contributed by atoms with E-state index in [-0.39, 0.29) is 48.3 Å². The van der Waals surface area contributed by atoms with E-state index in [9.17, 15) is 14.7 Å². The minimum Gasteiger partial charge on any atom is -0.459 e. The summed E-state index contributed by atoms with van der Waals surface area (Å²) in [5.41, 5.74) is 5.09. The molecule has 3 fully saturated rings. The molecule has 4 heterocycles. The van der Waals surface area contributed by atoms with Gasteiger partial charge in [0, 0.05) is 31.6 Å². The molecular formula is C35H44N2O5. The second kappa shape index (κ2) is 12.3. The highest BCUT2D eigenvalue weighted by Gasteiger charge is 2.58. The number of allylic oxidation sites excluding steroid dienone is 2. The molecule has 0 unspecified atom stereocenters. The molecule has 3 aliphatic heterocycles. The number of imide groups is 1. The quantitative estimate of drug-likeness (QED) is 0.312. The molecule has 42 heavy (non-hydrogen) atoms. The van der Waals surface area contributed by atoms with Gasteiger partial charge in [0.1, 0.15) is 18.1 Å². The summed E-state index contributed by atoms with van der Waals surface area (Å²) >= 11 is 0. The number of rotatable bonds is 9. The van der Waals surface area contributed by atoms with Crippen LogP contribution in [0.5, 0.6) is 0 Å². The Morgan fingerprint density at radius 1 is 1.05 bits per heavy atom. The van der Waals surface area contributed by atoms with Crippen molar-refractivity contribution in [1.29, 1.82) is 0 Å². The van der Waals surface area contributed by atoms with E-state index in [2.05, 4.69) is 49.9 Å². The number of carbonyl (C=O) groups is 2. The van der Waals surface area contributed by atoms with E-state index < -0.39 is 0 Å². The molecule has 7 nitrogen and oxygen atoms in total. The van der Waals surface area contributed by atoms with Crippen molar-refractivity contribution in [3.63, 3.8) is 0 Å². The van der Waals surface area contributed by atoms with Crippen LogP contribution in [-0.2, 0) is 27.5 Å². The first-order chi connectivity index (χ1) is 20.3. The molecule has 4 aliphatic rings. The Balaban J connectivity index is 1.13. The molecule has 1 N–H and O–H groups in total. The fraction of sp³-hybridized carbons (Fsp3) is 0.543. The zero-order valence-electron chi connectivity index (χ0n) is 25.1. The maximum Gasteiger partial charge on any atom is 0.234 e.